The zero-order chi connectivity index (χ0) is 20.5. The van der Waals surface area contributed by atoms with E-state index in [1.54, 1.807) is 22.0 Å². The van der Waals surface area contributed by atoms with Crippen LogP contribution < -0.4 is 11.5 Å². The minimum absolute atomic E-state index is 0.224. The number of carbonyl (C=O) groups excluding carboxylic acids is 1. The van der Waals surface area contributed by atoms with Gasteiger partial charge in [0.1, 0.15) is 17.0 Å². The van der Waals surface area contributed by atoms with Crippen molar-refractivity contribution in [3.8, 4) is 6.07 Å². The van der Waals surface area contributed by atoms with Gasteiger partial charge in [0.2, 0.25) is 0 Å². The fourth-order valence-electron chi connectivity index (χ4n) is 3.28. The first kappa shape index (κ1) is 19.4. The molecule has 9 nitrogen and oxygen atoms in total. The Labute approximate surface area is 163 Å². The van der Waals surface area contributed by atoms with E-state index in [1.807, 2.05) is 33.0 Å². The Bertz CT molecular complexity index is 936. The van der Waals surface area contributed by atoms with Crippen LogP contribution in [-0.4, -0.2) is 44.4 Å². The maximum Gasteiger partial charge on any atom is 0.410 e. The number of rotatable bonds is 4. The summed E-state index contributed by atoms with van der Waals surface area (Å²) in [6, 6.07) is 4.04. The SMILES string of the molecule is CC(C)(C)OC(=O)N1CC(CC#N)(n2cc(/C(=C/N)c3cc[nH]c3N)cn2)C1. The van der Waals surface area contributed by atoms with Crippen molar-refractivity contribution in [3.05, 3.63) is 42.0 Å². The van der Waals surface area contributed by atoms with Crippen molar-refractivity contribution >= 4 is 17.5 Å². The second kappa shape index (κ2) is 6.96. The van der Waals surface area contributed by atoms with Crippen molar-refractivity contribution in [3.63, 3.8) is 0 Å². The topological polar surface area (TPSA) is 139 Å². The molecule has 1 amide bonds. The summed E-state index contributed by atoms with van der Waals surface area (Å²) in [4.78, 5) is 16.8. The van der Waals surface area contributed by atoms with Gasteiger partial charge in [0, 0.05) is 35.3 Å². The molecule has 0 bridgehead atoms. The summed E-state index contributed by atoms with van der Waals surface area (Å²) in [7, 11) is 0. The molecule has 1 aliphatic heterocycles. The fourth-order valence-corrected chi connectivity index (χ4v) is 3.28. The number of nitrogen functional groups attached to an aromatic ring is 1. The highest BCUT2D eigenvalue weighted by atomic mass is 16.6. The number of likely N-dealkylation sites (tertiary alicyclic amines) is 1. The summed E-state index contributed by atoms with van der Waals surface area (Å²) in [5, 5.41) is 13.8. The first-order valence-corrected chi connectivity index (χ1v) is 8.94. The molecule has 2 aromatic rings. The average molecular weight is 383 g/mol. The molecule has 3 heterocycles. The van der Waals surface area contributed by atoms with Crippen LogP contribution in [0.3, 0.4) is 0 Å². The number of carbonyl (C=O) groups is 1. The number of anilines is 1. The minimum atomic E-state index is -0.590. The number of H-pyrrole nitrogens is 1. The number of nitrogens with two attached hydrogens (primary N) is 2. The Morgan fingerprint density at radius 1 is 1.50 bits per heavy atom. The lowest BCUT2D eigenvalue weighted by atomic mass is 9.87. The standard InChI is InChI=1S/C19H25N7O2/c1-18(2,3)28-17(27)25-11-19(12-25,5-6-20)26-10-13(9-24-26)15(8-21)14-4-7-23-16(14)22/h4,7-10,23H,5,11-12,21-22H2,1-3H3/b15-8-. The van der Waals surface area contributed by atoms with Crippen LogP contribution in [0.25, 0.3) is 5.57 Å². The number of amides is 1. The van der Waals surface area contributed by atoms with Crippen LogP contribution in [0.15, 0.2) is 30.9 Å². The monoisotopic (exact) mass is 383 g/mol. The zero-order valence-corrected chi connectivity index (χ0v) is 16.3. The number of ether oxygens (including phenoxy) is 1. The normalized spacial score (nSPS) is 16.4. The van der Waals surface area contributed by atoms with Crippen LogP contribution in [0.5, 0.6) is 0 Å². The summed E-state index contributed by atoms with van der Waals surface area (Å²) in [6.45, 7) is 6.16. The summed E-state index contributed by atoms with van der Waals surface area (Å²) in [5.41, 5.74) is 12.9. The van der Waals surface area contributed by atoms with Crippen LogP contribution in [0.4, 0.5) is 10.6 Å². The van der Waals surface area contributed by atoms with Crippen molar-refractivity contribution in [1.29, 1.82) is 5.26 Å². The summed E-state index contributed by atoms with van der Waals surface area (Å²) in [6.07, 6.45) is 6.55. The van der Waals surface area contributed by atoms with Gasteiger partial charge in [-0.1, -0.05) is 0 Å². The Morgan fingerprint density at radius 3 is 2.75 bits per heavy atom. The fraction of sp³-hybridized carbons (Fsp3) is 0.421. The molecule has 2 aromatic heterocycles. The molecule has 0 saturated carbocycles. The van der Waals surface area contributed by atoms with E-state index in [0.717, 1.165) is 16.7 Å². The van der Waals surface area contributed by atoms with E-state index in [1.165, 1.54) is 6.20 Å². The maximum absolute atomic E-state index is 12.3. The number of aromatic amines is 1. The highest BCUT2D eigenvalue weighted by Gasteiger charge is 2.48. The quantitative estimate of drug-likeness (QED) is 0.738. The van der Waals surface area contributed by atoms with Crippen LogP contribution in [0.2, 0.25) is 0 Å². The third kappa shape index (κ3) is 3.53. The van der Waals surface area contributed by atoms with E-state index in [4.69, 9.17) is 16.2 Å². The van der Waals surface area contributed by atoms with E-state index in [9.17, 15) is 10.1 Å². The molecular formula is C19H25N7O2. The number of aromatic nitrogens is 3. The Balaban J connectivity index is 1.81. The molecule has 9 heteroatoms. The Kier molecular flexibility index (Phi) is 4.81. The molecule has 0 radical (unpaired) electrons. The third-order valence-corrected chi connectivity index (χ3v) is 4.65. The average Bonchev–Trinajstić information content (AvgIpc) is 3.20. The number of nitrogens with one attached hydrogen (secondary N) is 1. The van der Waals surface area contributed by atoms with Gasteiger partial charge < -0.3 is 26.1 Å². The molecule has 3 rings (SSSR count). The van der Waals surface area contributed by atoms with Crippen molar-refractivity contribution in [2.75, 3.05) is 18.8 Å². The molecule has 148 valence electrons. The highest BCUT2D eigenvalue weighted by Crippen LogP contribution is 2.35. The summed E-state index contributed by atoms with van der Waals surface area (Å²) >= 11 is 0. The van der Waals surface area contributed by atoms with Gasteiger partial charge in [0.15, 0.2) is 0 Å². The number of hydrogen-bond acceptors (Lipinski definition) is 6. The van der Waals surface area contributed by atoms with Crippen molar-refractivity contribution in [1.82, 2.24) is 19.7 Å². The van der Waals surface area contributed by atoms with Crippen molar-refractivity contribution in [2.45, 2.75) is 38.3 Å². The Morgan fingerprint density at radius 2 is 2.21 bits per heavy atom. The van der Waals surface area contributed by atoms with Gasteiger partial charge in [0.25, 0.3) is 0 Å². The van der Waals surface area contributed by atoms with E-state index in [-0.39, 0.29) is 6.42 Å². The Hall–Kier alpha value is -3.41. The van der Waals surface area contributed by atoms with E-state index >= 15 is 0 Å². The summed E-state index contributed by atoms with van der Waals surface area (Å²) in [5.74, 6) is 0.510. The van der Waals surface area contributed by atoms with E-state index in [2.05, 4.69) is 16.2 Å². The number of nitriles is 1. The zero-order valence-electron chi connectivity index (χ0n) is 16.3. The predicted molar refractivity (Wildman–Crippen MR) is 105 cm³/mol. The lowest BCUT2D eigenvalue weighted by Gasteiger charge is -2.48. The molecule has 0 spiro atoms. The molecule has 0 atom stereocenters. The van der Waals surface area contributed by atoms with Gasteiger partial charge in [-0.25, -0.2) is 4.79 Å². The van der Waals surface area contributed by atoms with Gasteiger partial charge in [-0.2, -0.15) is 10.4 Å². The van der Waals surface area contributed by atoms with Crippen molar-refractivity contribution in [2.24, 2.45) is 5.73 Å². The van der Waals surface area contributed by atoms with Crippen LogP contribution >= 0.6 is 0 Å². The van der Waals surface area contributed by atoms with Gasteiger partial charge in [-0.05, 0) is 26.8 Å². The number of nitrogens with zero attached hydrogens (tertiary/aromatic N) is 4. The van der Waals surface area contributed by atoms with Crippen molar-refractivity contribution < 1.29 is 9.53 Å². The second-order valence-electron chi connectivity index (χ2n) is 7.95. The van der Waals surface area contributed by atoms with E-state index in [0.29, 0.717) is 18.9 Å². The molecule has 0 unspecified atom stereocenters. The molecule has 1 saturated heterocycles. The molecule has 0 aromatic carbocycles. The summed E-state index contributed by atoms with van der Waals surface area (Å²) < 4.78 is 7.14. The minimum Gasteiger partial charge on any atom is -0.444 e. The first-order valence-electron chi connectivity index (χ1n) is 8.94. The van der Waals surface area contributed by atoms with Gasteiger partial charge >= 0.3 is 6.09 Å². The first-order chi connectivity index (χ1) is 13.2. The molecule has 0 aliphatic carbocycles. The largest absolute Gasteiger partial charge is 0.444 e. The van der Waals surface area contributed by atoms with E-state index < -0.39 is 17.2 Å². The lowest BCUT2D eigenvalue weighted by molar-refractivity contribution is -0.0314. The van der Waals surface area contributed by atoms with Gasteiger partial charge in [-0.3, -0.25) is 4.68 Å². The van der Waals surface area contributed by atoms with Crippen LogP contribution in [0, 0.1) is 11.3 Å². The number of hydrogen-bond donors (Lipinski definition) is 3. The second-order valence-corrected chi connectivity index (χ2v) is 7.95. The smallest absolute Gasteiger partial charge is 0.410 e. The maximum atomic E-state index is 12.3. The van der Waals surface area contributed by atoms with Gasteiger partial charge in [0.05, 0.1) is 31.8 Å². The molecular weight excluding hydrogens is 358 g/mol. The highest BCUT2D eigenvalue weighted by molar-refractivity contribution is 5.83. The van der Waals surface area contributed by atoms with Crippen LogP contribution in [0.1, 0.15) is 38.3 Å². The third-order valence-electron chi connectivity index (χ3n) is 4.65. The molecule has 28 heavy (non-hydrogen) atoms. The molecule has 5 N–H and O–H groups in total. The lowest BCUT2D eigenvalue weighted by Crippen LogP contribution is -2.64. The van der Waals surface area contributed by atoms with Gasteiger partial charge in [-0.15, -0.1) is 0 Å². The molecule has 1 fully saturated rings. The predicted octanol–water partition coefficient (Wildman–Crippen LogP) is 2.00. The van der Waals surface area contributed by atoms with Crippen LogP contribution in [-0.2, 0) is 10.3 Å². The molecule has 1 aliphatic rings.